The fraction of sp³-hybridized carbons (Fsp3) is 0.533. The molecule has 2 aromatic rings. The van der Waals surface area contributed by atoms with Crippen molar-refractivity contribution in [3.63, 3.8) is 0 Å². The van der Waals surface area contributed by atoms with Crippen LogP contribution in [-0.2, 0) is 0 Å². The van der Waals surface area contributed by atoms with Crippen LogP contribution in [0.1, 0.15) is 39.2 Å². The first-order chi connectivity index (χ1) is 9.20. The minimum absolute atomic E-state index is 0.398. The van der Waals surface area contributed by atoms with Gasteiger partial charge in [-0.2, -0.15) is 0 Å². The van der Waals surface area contributed by atoms with E-state index < -0.39 is 0 Å². The second-order valence-corrected chi connectivity index (χ2v) is 5.42. The standard InChI is InChI=1S/C15H21N3O/c1-3-19-13-6-4-5-12-14(13)17-15(16)18(12)10(2)9-11-7-8-11/h4-6,10-11H,3,7-9H2,1-2H3,(H2,16,17). The molecule has 1 aliphatic carbocycles. The molecule has 19 heavy (non-hydrogen) atoms. The molecule has 1 aromatic carbocycles. The molecule has 0 aliphatic heterocycles. The van der Waals surface area contributed by atoms with Crippen LogP contribution in [-0.4, -0.2) is 16.2 Å². The van der Waals surface area contributed by atoms with E-state index in [9.17, 15) is 0 Å². The summed E-state index contributed by atoms with van der Waals surface area (Å²) in [5.41, 5.74) is 8.07. The van der Waals surface area contributed by atoms with E-state index in [1.54, 1.807) is 0 Å². The monoisotopic (exact) mass is 259 g/mol. The fourth-order valence-electron chi connectivity index (χ4n) is 2.79. The Hall–Kier alpha value is -1.71. The molecule has 0 radical (unpaired) electrons. The minimum Gasteiger partial charge on any atom is -0.492 e. The van der Waals surface area contributed by atoms with Crippen molar-refractivity contribution < 1.29 is 4.74 Å². The van der Waals surface area contributed by atoms with Gasteiger partial charge in [-0.05, 0) is 38.3 Å². The summed E-state index contributed by atoms with van der Waals surface area (Å²) in [7, 11) is 0. The molecule has 1 saturated carbocycles. The van der Waals surface area contributed by atoms with Crippen molar-refractivity contribution in [2.75, 3.05) is 12.3 Å². The normalized spacial score (nSPS) is 16.7. The Labute approximate surface area is 113 Å². The zero-order chi connectivity index (χ0) is 13.4. The summed E-state index contributed by atoms with van der Waals surface area (Å²) in [5, 5.41) is 0. The van der Waals surface area contributed by atoms with Gasteiger partial charge in [0.2, 0.25) is 5.95 Å². The third kappa shape index (κ3) is 2.27. The molecule has 1 fully saturated rings. The van der Waals surface area contributed by atoms with Crippen molar-refractivity contribution in [2.24, 2.45) is 5.92 Å². The number of benzene rings is 1. The van der Waals surface area contributed by atoms with Crippen LogP contribution in [0.15, 0.2) is 18.2 Å². The summed E-state index contributed by atoms with van der Waals surface area (Å²) in [6.07, 6.45) is 3.91. The van der Waals surface area contributed by atoms with Crippen molar-refractivity contribution >= 4 is 17.0 Å². The van der Waals surface area contributed by atoms with Gasteiger partial charge in [0, 0.05) is 6.04 Å². The lowest BCUT2D eigenvalue weighted by molar-refractivity contribution is 0.343. The fourth-order valence-corrected chi connectivity index (χ4v) is 2.79. The number of hydrogen-bond acceptors (Lipinski definition) is 3. The van der Waals surface area contributed by atoms with E-state index >= 15 is 0 Å². The predicted molar refractivity (Wildman–Crippen MR) is 77.4 cm³/mol. The van der Waals surface area contributed by atoms with Crippen molar-refractivity contribution in [3.05, 3.63) is 18.2 Å². The number of para-hydroxylation sites is 1. The average molecular weight is 259 g/mol. The Kier molecular flexibility index (Phi) is 3.09. The molecule has 102 valence electrons. The molecule has 1 aliphatic rings. The molecule has 0 spiro atoms. The van der Waals surface area contributed by atoms with Crippen LogP contribution in [0.5, 0.6) is 5.75 Å². The largest absolute Gasteiger partial charge is 0.492 e. The number of ether oxygens (including phenoxy) is 1. The number of anilines is 1. The molecule has 0 saturated heterocycles. The van der Waals surface area contributed by atoms with E-state index in [1.165, 1.54) is 19.3 Å². The number of nitrogens with zero attached hydrogens (tertiary/aromatic N) is 2. The van der Waals surface area contributed by atoms with E-state index in [4.69, 9.17) is 10.5 Å². The van der Waals surface area contributed by atoms with E-state index in [0.717, 1.165) is 22.7 Å². The van der Waals surface area contributed by atoms with Gasteiger partial charge in [0.05, 0.1) is 12.1 Å². The summed E-state index contributed by atoms with van der Waals surface area (Å²) in [5.74, 6) is 2.29. The SMILES string of the molecule is CCOc1cccc2c1nc(N)n2C(C)CC1CC1. The third-order valence-corrected chi connectivity index (χ3v) is 3.82. The average Bonchev–Trinajstić information content (AvgIpc) is 3.10. The van der Waals surface area contributed by atoms with E-state index in [1.807, 2.05) is 19.1 Å². The second-order valence-electron chi connectivity index (χ2n) is 5.42. The maximum absolute atomic E-state index is 6.11. The van der Waals surface area contributed by atoms with E-state index in [2.05, 4.69) is 22.5 Å². The van der Waals surface area contributed by atoms with Gasteiger partial charge in [-0.15, -0.1) is 0 Å². The highest BCUT2D eigenvalue weighted by molar-refractivity contribution is 5.84. The van der Waals surface area contributed by atoms with Gasteiger partial charge in [-0.3, -0.25) is 0 Å². The Morgan fingerprint density at radius 2 is 2.26 bits per heavy atom. The number of nitrogens with two attached hydrogens (primary N) is 1. The van der Waals surface area contributed by atoms with Crippen LogP contribution in [0.25, 0.3) is 11.0 Å². The number of aromatic nitrogens is 2. The predicted octanol–water partition coefficient (Wildman–Crippen LogP) is 3.38. The molecule has 0 bridgehead atoms. The van der Waals surface area contributed by atoms with Crippen LogP contribution in [0.4, 0.5) is 5.95 Å². The molecule has 4 heteroatoms. The molecular weight excluding hydrogens is 238 g/mol. The maximum Gasteiger partial charge on any atom is 0.201 e. The van der Waals surface area contributed by atoms with Gasteiger partial charge in [0.1, 0.15) is 11.3 Å². The van der Waals surface area contributed by atoms with Crippen LogP contribution in [0.3, 0.4) is 0 Å². The molecular formula is C15H21N3O. The molecule has 1 aromatic heterocycles. The Bertz CT molecular complexity index is 586. The lowest BCUT2D eigenvalue weighted by atomic mass is 10.1. The molecule has 3 rings (SSSR count). The number of hydrogen-bond donors (Lipinski definition) is 1. The van der Waals surface area contributed by atoms with Crippen molar-refractivity contribution in [1.82, 2.24) is 9.55 Å². The van der Waals surface area contributed by atoms with Gasteiger partial charge in [-0.1, -0.05) is 18.9 Å². The lowest BCUT2D eigenvalue weighted by Crippen LogP contribution is -2.09. The second kappa shape index (κ2) is 4.76. The van der Waals surface area contributed by atoms with Gasteiger partial charge in [0.15, 0.2) is 0 Å². The quantitative estimate of drug-likeness (QED) is 0.895. The van der Waals surface area contributed by atoms with Crippen LogP contribution < -0.4 is 10.5 Å². The van der Waals surface area contributed by atoms with Crippen molar-refractivity contribution in [3.8, 4) is 5.75 Å². The highest BCUT2D eigenvalue weighted by atomic mass is 16.5. The number of imidazole rings is 1. The highest BCUT2D eigenvalue weighted by Crippen LogP contribution is 2.39. The van der Waals surface area contributed by atoms with Crippen LogP contribution >= 0.6 is 0 Å². The first-order valence-corrected chi connectivity index (χ1v) is 7.10. The Balaban J connectivity index is 2.03. The van der Waals surface area contributed by atoms with Gasteiger partial charge in [-0.25, -0.2) is 4.98 Å². The topological polar surface area (TPSA) is 53.1 Å². The van der Waals surface area contributed by atoms with Gasteiger partial charge >= 0.3 is 0 Å². The zero-order valence-electron chi connectivity index (χ0n) is 11.6. The first-order valence-electron chi connectivity index (χ1n) is 7.10. The molecule has 2 N–H and O–H groups in total. The number of nitrogen functional groups attached to an aromatic ring is 1. The smallest absolute Gasteiger partial charge is 0.201 e. The van der Waals surface area contributed by atoms with Gasteiger partial charge in [0.25, 0.3) is 0 Å². The maximum atomic E-state index is 6.11. The summed E-state index contributed by atoms with van der Waals surface area (Å²) < 4.78 is 7.78. The van der Waals surface area contributed by atoms with Gasteiger partial charge < -0.3 is 15.0 Å². The Morgan fingerprint density at radius 1 is 1.47 bits per heavy atom. The molecule has 0 amide bonds. The highest BCUT2D eigenvalue weighted by Gasteiger charge is 2.26. The summed E-state index contributed by atoms with van der Waals surface area (Å²) in [4.78, 5) is 4.50. The van der Waals surface area contributed by atoms with Crippen molar-refractivity contribution in [1.29, 1.82) is 0 Å². The summed E-state index contributed by atoms with van der Waals surface area (Å²) >= 11 is 0. The molecule has 4 nitrogen and oxygen atoms in total. The Morgan fingerprint density at radius 3 is 2.95 bits per heavy atom. The first kappa shape index (κ1) is 12.3. The lowest BCUT2D eigenvalue weighted by Gasteiger charge is -2.15. The summed E-state index contributed by atoms with van der Waals surface area (Å²) in [6, 6.07) is 6.43. The third-order valence-electron chi connectivity index (χ3n) is 3.82. The van der Waals surface area contributed by atoms with E-state index in [-0.39, 0.29) is 0 Å². The minimum atomic E-state index is 0.398. The van der Waals surface area contributed by atoms with Crippen molar-refractivity contribution in [2.45, 2.75) is 39.2 Å². The zero-order valence-corrected chi connectivity index (χ0v) is 11.6. The number of fused-ring (bicyclic) bond motifs is 1. The van der Waals surface area contributed by atoms with Crippen LogP contribution in [0.2, 0.25) is 0 Å². The number of rotatable bonds is 5. The van der Waals surface area contributed by atoms with E-state index in [0.29, 0.717) is 18.6 Å². The van der Waals surface area contributed by atoms with Crippen LogP contribution in [0, 0.1) is 5.92 Å². The molecule has 1 heterocycles. The molecule has 1 unspecified atom stereocenters. The molecule has 1 atom stereocenters. The summed E-state index contributed by atoms with van der Waals surface area (Å²) in [6.45, 7) is 4.85.